The normalized spacial score (nSPS) is 24.8. The van der Waals surface area contributed by atoms with E-state index in [1.807, 2.05) is 19.4 Å². The first-order valence-electron chi connectivity index (χ1n) is 6.66. The monoisotopic (exact) mass is 266 g/mol. The van der Waals surface area contributed by atoms with Crippen LogP contribution in [-0.4, -0.2) is 45.7 Å². The van der Waals surface area contributed by atoms with Crippen LogP contribution in [0.5, 0.6) is 0 Å². The lowest BCUT2D eigenvalue weighted by Crippen LogP contribution is -2.56. The Bertz CT molecular complexity index is 444. The number of amides is 1. The average Bonchev–Trinajstić information content (AvgIpc) is 2.76. The molecule has 106 valence electrons. The molecule has 1 aliphatic heterocycles. The number of nitrogens with zero attached hydrogens (tertiary/aromatic N) is 3. The largest absolute Gasteiger partial charge is 0.375 e. The molecule has 2 rings (SSSR count). The molecule has 0 radical (unpaired) electrons. The van der Waals surface area contributed by atoms with E-state index in [9.17, 15) is 4.79 Å². The molecule has 0 spiro atoms. The zero-order valence-corrected chi connectivity index (χ0v) is 11.7. The fourth-order valence-corrected chi connectivity index (χ4v) is 2.60. The first-order valence-corrected chi connectivity index (χ1v) is 6.66. The summed E-state index contributed by atoms with van der Waals surface area (Å²) in [6.07, 6.45) is 3.50. The molecule has 0 bridgehead atoms. The Hall–Kier alpha value is -1.40. The van der Waals surface area contributed by atoms with Gasteiger partial charge in [-0.1, -0.05) is 0 Å². The Labute approximate surface area is 113 Å². The number of ether oxygens (including phenoxy) is 1. The number of nitrogens with two attached hydrogens (primary N) is 1. The highest BCUT2D eigenvalue weighted by Gasteiger charge is 2.34. The minimum Gasteiger partial charge on any atom is -0.375 e. The summed E-state index contributed by atoms with van der Waals surface area (Å²) < 4.78 is 7.62. The molecule has 1 saturated heterocycles. The van der Waals surface area contributed by atoms with Crippen LogP contribution in [-0.2, 0) is 16.1 Å². The second-order valence-corrected chi connectivity index (χ2v) is 5.28. The van der Waals surface area contributed by atoms with Crippen LogP contribution >= 0.6 is 0 Å². The molecule has 2 atom stereocenters. The summed E-state index contributed by atoms with van der Waals surface area (Å²) in [7, 11) is 0. The molecule has 1 amide bonds. The van der Waals surface area contributed by atoms with Gasteiger partial charge in [-0.2, -0.15) is 0 Å². The second-order valence-electron chi connectivity index (χ2n) is 5.28. The maximum atomic E-state index is 11.6. The van der Waals surface area contributed by atoms with Gasteiger partial charge in [-0.15, -0.1) is 0 Å². The van der Waals surface area contributed by atoms with Gasteiger partial charge in [0.2, 0.25) is 5.91 Å². The van der Waals surface area contributed by atoms with Gasteiger partial charge in [0.1, 0.15) is 6.04 Å². The van der Waals surface area contributed by atoms with Crippen LogP contribution in [0.3, 0.4) is 0 Å². The summed E-state index contributed by atoms with van der Waals surface area (Å²) in [6, 6.07) is -0.0211. The zero-order valence-electron chi connectivity index (χ0n) is 11.7. The third-order valence-electron chi connectivity index (χ3n) is 3.56. The van der Waals surface area contributed by atoms with Crippen molar-refractivity contribution in [2.45, 2.75) is 45.5 Å². The van der Waals surface area contributed by atoms with Crippen LogP contribution in [0.25, 0.3) is 0 Å². The molecule has 1 aromatic heterocycles. The number of primary amides is 1. The SMILES string of the molecule is CC(C)n1cncc1CN1CCO[C@H](C)[C@H]1C(N)=O. The van der Waals surface area contributed by atoms with Gasteiger partial charge < -0.3 is 15.0 Å². The Morgan fingerprint density at radius 2 is 2.37 bits per heavy atom. The molecular formula is C13H22N4O2. The van der Waals surface area contributed by atoms with Gasteiger partial charge in [0.25, 0.3) is 0 Å². The molecule has 0 unspecified atom stereocenters. The molecule has 0 aromatic carbocycles. The lowest BCUT2D eigenvalue weighted by molar-refractivity contribution is -0.136. The van der Waals surface area contributed by atoms with Gasteiger partial charge in [-0.25, -0.2) is 4.98 Å². The Balaban J connectivity index is 2.16. The standard InChI is InChI=1S/C13H22N4O2/c1-9(2)17-8-15-6-11(17)7-16-4-5-19-10(3)12(16)13(14)18/h6,8-10,12H,4-5,7H2,1-3H3,(H2,14,18)/t10-,12+/m1/s1. The number of aromatic nitrogens is 2. The van der Waals surface area contributed by atoms with E-state index in [1.165, 1.54) is 0 Å². The van der Waals surface area contributed by atoms with Gasteiger partial charge >= 0.3 is 0 Å². The van der Waals surface area contributed by atoms with Gasteiger partial charge in [-0.05, 0) is 20.8 Å². The molecule has 2 N–H and O–H groups in total. The van der Waals surface area contributed by atoms with Crippen LogP contribution in [0.2, 0.25) is 0 Å². The Morgan fingerprint density at radius 1 is 1.63 bits per heavy atom. The van der Waals surface area contributed by atoms with Crippen LogP contribution in [0.4, 0.5) is 0 Å². The van der Waals surface area contributed by atoms with Crippen molar-refractivity contribution in [2.24, 2.45) is 5.73 Å². The van der Waals surface area contributed by atoms with Gasteiger partial charge in [0.15, 0.2) is 0 Å². The van der Waals surface area contributed by atoms with E-state index < -0.39 is 0 Å². The van der Waals surface area contributed by atoms with E-state index in [0.29, 0.717) is 25.7 Å². The van der Waals surface area contributed by atoms with Gasteiger partial charge in [0, 0.05) is 25.3 Å². The van der Waals surface area contributed by atoms with Crippen LogP contribution in [0.1, 0.15) is 32.5 Å². The summed E-state index contributed by atoms with van der Waals surface area (Å²) in [5.74, 6) is -0.331. The number of carbonyl (C=O) groups is 1. The van der Waals surface area contributed by atoms with Crippen LogP contribution < -0.4 is 5.73 Å². The van der Waals surface area contributed by atoms with Gasteiger partial charge in [-0.3, -0.25) is 9.69 Å². The maximum Gasteiger partial charge on any atom is 0.237 e. The van der Waals surface area contributed by atoms with Crippen molar-refractivity contribution in [1.82, 2.24) is 14.5 Å². The topological polar surface area (TPSA) is 73.4 Å². The number of carbonyl (C=O) groups excluding carboxylic acids is 1. The third kappa shape index (κ3) is 2.96. The molecule has 1 aromatic rings. The van der Waals surface area contributed by atoms with Crippen molar-refractivity contribution in [3.8, 4) is 0 Å². The number of morpholine rings is 1. The predicted octanol–water partition coefficient (Wildman–Crippen LogP) is 0.539. The summed E-state index contributed by atoms with van der Waals surface area (Å²) in [5.41, 5.74) is 6.58. The molecule has 0 aliphatic carbocycles. The average molecular weight is 266 g/mol. The lowest BCUT2D eigenvalue weighted by atomic mass is 10.1. The number of imidazole rings is 1. The highest BCUT2D eigenvalue weighted by atomic mass is 16.5. The molecule has 6 nitrogen and oxygen atoms in total. The highest BCUT2D eigenvalue weighted by Crippen LogP contribution is 2.18. The smallest absolute Gasteiger partial charge is 0.237 e. The fraction of sp³-hybridized carbons (Fsp3) is 0.692. The maximum absolute atomic E-state index is 11.6. The van der Waals surface area contributed by atoms with Crippen molar-refractivity contribution in [1.29, 1.82) is 0 Å². The third-order valence-corrected chi connectivity index (χ3v) is 3.56. The van der Waals surface area contributed by atoms with Crippen molar-refractivity contribution in [2.75, 3.05) is 13.2 Å². The van der Waals surface area contributed by atoms with Gasteiger partial charge in [0.05, 0.1) is 24.7 Å². The van der Waals surface area contributed by atoms with E-state index in [4.69, 9.17) is 10.5 Å². The van der Waals surface area contributed by atoms with E-state index in [-0.39, 0.29) is 18.1 Å². The zero-order chi connectivity index (χ0) is 14.0. The van der Waals surface area contributed by atoms with Crippen molar-refractivity contribution < 1.29 is 9.53 Å². The molecule has 6 heteroatoms. The second kappa shape index (κ2) is 5.71. The predicted molar refractivity (Wildman–Crippen MR) is 71.4 cm³/mol. The molecular weight excluding hydrogens is 244 g/mol. The quantitative estimate of drug-likeness (QED) is 0.863. The summed E-state index contributed by atoms with van der Waals surface area (Å²) in [6.45, 7) is 8.11. The van der Waals surface area contributed by atoms with E-state index in [1.54, 1.807) is 0 Å². The lowest BCUT2D eigenvalue weighted by Gasteiger charge is -2.38. The first kappa shape index (κ1) is 14.0. The Kier molecular flexibility index (Phi) is 4.21. The van der Waals surface area contributed by atoms with Crippen LogP contribution in [0.15, 0.2) is 12.5 Å². The molecule has 1 fully saturated rings. The van der Waals surface area contributed by atoms with E-state index >= 15 is 0 Å². The van der Waals surface area contributed by atoms with Crippen molar-refractivity contribution >= 4 is 5.91 Å². The van der Waals surface area contributed by atoms with Crippen LogP contribution in [0, 0.1) is 0 Å². The van der Waals surface area contributed by atoms with E-state index in [2.05, 4.69) is 28.3 Å². The number of rotatable bonds is 4. The number of hydrogen-bond acceptors (Lipinski definition) is 4. The summed E-state index contributed by atoms with van der Waals surface area (Å²) in [4.78, 5) is 17.9. The first-order chi connectivity index (χ1) is 9.00. The highest BCUT2D eigenvalue weighted by molar-refractivity contribution is 5.80. The molecule has 0 saturated carbocycles. The van der Waals surface area contributed by atoms with E-state index in [0.717, 1.165) is 5.69 Å². The number of hydrogen-bond donors (Lipinski definition) is 1. The minimum absolute atomic E-state index is 0.165. The fourth-order valence-electron chi connectivity index (χ4n) is 2.60. The summed E-state index contributed by atoms with van der Waals surface area (Å²) in [5, 5.41) is 0. The Morgan fingerprint density at radius 3 is 3.00 bits per heavy atom. The van der Waals surface area contributed by atoms with Crippen molar-refractivity contribution in [3.63, 3.8) is 0 Å². The molecule has 19 heavy (non-hydrogen) atoms. The molecule has 2 heterocycles. The minimum atomic E-state index is -0.371. The summed E-state index contributed by atoms with van der Waals surface area (Å²) >= 11 is 0. The van der Waals surface area contributed by atoms with Crippen molar-refractivity contribution in [3.05, 3.63) is 18.2 Å². The molecule has 1 aliphatic rings.